The fourth-order valence-electron chi connectivity index (χ4n) is 1.67. The summed E-state index contributed by atoms with van der Waals surface area (Å²) in [5.74, 6) is -0.0210. The van der Waals surface area contributed by atoms with Crippen molar-refractivity contribution in [3.05, 3.63) is 33.8 Å². The smallest absolute Gasteiger partial charge is 0.251 e. The molecule has 1 aromatic carbocycles. The monoisotopic (exact) mass is 327 g/mol. The van der Waals surface area contributed by atoms with Gasteiger partial charge in [0.15, 0.2) is 0 Å². The second-order valence-corrected chi connectivity index (χ2v) is 5.34. The molecular weight excluding hydrogens is 306 g/mol. The van der Waals surface area contributed by atoms with E-state index < -0.39 is 0 Å². The van der Waals surface area contributed by atoms with E-state index >= 15 is 0 Å². The fourth-order valence-corrected chi connectivity index (χ4v) is 2.04. The highest BCUT2D eigenvalue weighted by molar-refractivity contribution is 9.10. The number of hydrogen-bond acceptors (Lipinski definition) is 2. The van der Waals surface area contributed by atoms with Crippen molar-refractivity contribution in [2.24, 2.45) is 0 Å². The van der Waals surface area contributed by atoms with Crippen molar-refractivity contribution in [1.29, 1.82) is 0 Å². The molecule has 0 fully saturated rings. The van der Waals surface area contributed by atoms with Gasteiger partial charge in [-0.3, -0.25) is 4.79 Å². The van der Waals surface area contributed by atoms with Crippen molar-refractivity contribution in [3.8, 4) is 0 Å². The molecule has 1 aromatic rings. The van der Waals surface area contributed by atoms with Crippen molar-refractivity contribution in [2.45, 2.75) is 33.1 Å². The summed E-state index contributed by atoms with van der Waals surface area (Å²) in [6.07, 6.45) is 3.10. The second kappa shape index (κ2) is 9.10. The number of nitrogens with one attached hydrogen (secondary N) is 1. The zero-order valence-electron chi connectivity index (χ0n) is 11.7. The third kappa shape index (κ3) is 5.74. The summed E-state index contributed by atoms with van der Waals surface area (Å²) >= 11 is 3.43. The van der Waals surface area contributed by atoms with Gasteiger partial charge in [0.25, 0.3) is 5.91 Å². The number of ether oxygens (including phenoxy) is 1. The van der Waals surface area contributed by atoms with Gasteiger partial charge in [-0.2, -0.15) is 0 Å². The molecule has 19 heavy (non-hydrogen) atoms. The van der Waals surface area contributed by atoms with Crippen LogP contribution in [0.4, 0.5) is 0 Å². The first-order valence-corrected chi connectivity index (χ1v) is 7.57. The van der Waals surface area contributed by atoms with Crippen LogP contribution in [-0.4, -0.2) is 25.7 Å². The summed E-state index contributed by atoms with van der Waals surface area (Å²) in [4.78, 5) is 12.0. The minimum atomic E-state index is -0.0210. The maximum absolute atomic E-state index is 12.0. The lowest BCUT2D eigenvalue weighted by Gasteiger charge is -2.09. The van der Waals surface area contributed by atoms with Crippen LogP contribution in [0.15, 0.2) is 22.7 Å². The topological polar surface area (TPSA) is 38.3 Å². The predicted octanol–water partition coefficient (Wildman–Crippen LogP) is 3.69. The highest BCUT2D eigenvalue weighted by atomic mass is 79.9. The van der Waals surface area contributed by atoms with E-state index in [0.29, 0.717) is 13.2 Å². The number of carbonyl (C=O) groups excluding carboxylic acids is 1. The molecule has 106 valence electrons. The molecule has 0 unspecified atom stereocenters. The first kappa shape index (κ1) is 16.2. The van der Waals surface area contributed by atoms with Crippen LogP contribution in [0.5, 0.6) is 0 Å². The van der Waals surface area contributed by atoms with E-state index in [1.54, 1.807) is 0 Å². The van der Waals surface area contributed by atoms with Crippen LogP contribution in [0.3, 0.4) is 0 Å². The molecule has 0 aliphatic carbocycles. The second-order valence-electron chi connectivity index (χ2n) is 4.49. The summed E-state index contributed by atoms with van der Waals surface area (Å²) in [7, 11) is 0. The van der Waals surface area contributed by atoms with Gasteiger partial charge >= 0.3 is 0 Å². The number of unbranched alkanes of at least 4 members (excludes halogenated alkanes) is 1. The van der Waals surface area contributed by atoms with Gasteiger partial charge in [-0.05, 0) is 37.5 Å². The third-order valence-corrected chi connectivity index (χ3v) is 3.76. The average molecular weight is 328 g/mol. The summed E-state index contributed by atoms with van der Waals surface area (Å²) in [5.41, 5.74) is 1.69. The molecule has 0 aliphatic rings. The maximum Gasteiger partial charge on any atom is 0.251 e. The molecule has 0 heterocycles. The minimum Gasteiger partial charge on any atom is -0.381 e. The lowest BCUT2D eigenvalue weighted by molar-refractivity contribution is 0.0940. The highest BCUT2D eigenvalue weighted by Crippen LogP contribution is 2.19. The van der Waals surface area contributed by atoms with Crippen LogP contribution in [-0.2, 0) is 4.74 Å². The van der Waals surface area contributed by atoms with E-state index in [9.17, 15) is 4.79 Å². The Morgan fingerprint density at radius 1 is 1.32 bits per heavy atom. The van der Waals surface area contributed by atoms with Gasteiger partial charge in [-0.1, -0.05) is 35.3 Å². The van der Waals surface area contributed by atoms with E-state index in [4.69, 9.17) is 4.74 Å². The highest BCUT2D eigenvalue weighted by Gasteiger charge is 2.09. The standard InChI is InChI=1S/C15H22BrNO2/c1-3-4-10-19-11-6-9-17-15(18)13-7-5-8-14(16)12(13)2/h5,7-8H,3-4,6,9-11H2,1-2H3,(H,17,18). The average Bonchev–Trinajstić information content (AvgIpc) is 2.40. The third-order valence-electron chi connectivity index (χ3n) is 2.91. The van der Waals surface area contributed by atoms with E-state index in [2.05, 4.69) is 28.2 Å². The molecule has 0 bridgehead atoms. The number of benzene rings is 1. The van der Waals surface area contributed by atoms with Crippen molar-refractivity contribution in [2.75, 3.05) is 19.8 Å². The van der Waals surface area contributed by atoms with E-state index in [-0.39, 0.29) is 5.91 Å². The predicted molar refractivity (Wildman–Crippen MR) is 81.6 cm³/mol. The summed E-state index contributed by atoms with van der Waals surface area (Å²) < 4.78 is 6.41. The molecule has 1 N–H and O–H groups in total. The molecule has 0 saturated heterocycles. The number of hydrogen-bond donors (Lipinski definition) is 1. The molecule has 4 heteroatoms. The van der Waals surface area contributed by atoms with Crippen LogP contribution in [0.1, 0.15) is 42.1 Å². The molecule has 0 atom stereocenters. The Bertz CT molecular complexity index is 407. The van der Waals surface area contributed by atoms with Gasteiger partial charge in [0.1, 0.15) is 0 Å². The number of amides is 1. The zero-order chi connectivity index (χ0) is 14.1. The Morgan fingerprint density at radius 2 is 2.05 bits per heavy atom. The SMILES string of the molecule is CCCCOCCCNC(=O)c1cccc(Br)c1C. The molecule has 0 aliphatic heterocycles. The Balaban J connectivity index is 2.26. The van der Waals surface area contributed by atoms with Gasteiger partial charge in [-0.25, -0.2) is 0 Å². The van der Waals surface area contributed by atoms with E-state index in [0.717, 1.165) is 41.5 Å². The van der Waals surface area contributed by atoms with E-state index in [1.165, 1.54) is 0 Å². The summed E-state index contributed by atoms with van der Waals surface area (Å²) in [6.45, 7) is 6.25. The van der Waals surface area contributed by atoms with Crippen LogP contribution in [0.2, 0.25) is 0 Å². The largest absolute Gasteiger partial charge is 0.381 e. The quantitative estimate of drug-likeness (QED) is 0.739. The Labute approximate surface area is 123 Å². The van der Waals surface area contributed by atoms with Gasteiger partial charge in [0.05, 0.1) is 0 Å². The van der Waals surface area contributed by atoms with Crippen LogP contribution < -0.4 is 5.32 Å². The zero-order valence-corrected chi connectivity index (χ0v) is 13.3. The molecule has 0 saturated carbocycles. The Morgan fingerprint density at radius 3 is 2.79 bits per heavy atom. The van der Waals surface area contributed by atoms with E-state index in [1.807, 2.05) is 25.1 Å². The van der Waals surface area contributed by atoms with Gasteiger partial charge in [0, 0.05) is 29.8 Å². The van der Waals surface area contributed by atoms with Crippen LogP contribution in [0.25, 0.3) is 0 Å². The van der Waals surface area contributed by atoms with Crippen molar-refractivity contribution < 1.29 is 9.53 Å². The summed E-state index contributed by atoms with van der Waals surface area (Å²) in [6, 6.07) is 5.65. The van der Waals surface area contributed by atoms with Gasteiger partial charge in [-0.15, -0.1) is 0 Å². The van der Waals surface area contributed by atoms with Crippen molar-refractivity contribution >= 4 is 21.8 Å². The number of carbonyl (C=O) groups is 1. The molecule has 1 rings (SSSR count). The molecule has 0 spiro atoms. The molecule has 3 nitrogen and oxygen atoms in total. The molecule has 1 amide bonds. The Kier molecular flexibility index (Phi) is 7.75. The first-order valence-electron chi connectivity index (χ1n) is 6.78. The number of rotatable bonds is 8. The number of halogens is 1. The Hall–Kier alpha value is -0.870. The normalized spacial score (nSPS) is 10.5. The fraction of sp³-hybridized carbons (Fsp3) is 0.533. The van der Waals surface area contributed by atoms with Crippen LogP contribution in [0, 0.1) is 6.92 Å². The maximum atomic E-state index is 12.0. The van der Waals surface area contributed by atoms with Gasteiger partial charge in [0.2, 0.25) is 0 Å². The molecular formula is C15H22BrNO2. The molecule has 0 radical (unpaired) electrons. The summed E-state index contributed by atoms with van der Waals surface area (Å²) in [5, 5.41) is 2.92. The lowest BCUT2D eigenvalue weighted by atomic mass is 10.1. The minimum absolute atomic E-state index is 0.0210. The molecule has 0 aromatic heterocycles. The van der Waals surface area contributed by atoms with Crippen LogP contribution >= 0.6 is 15.9 Å². The lowest BCUT2D eigenvalue weighted by Crippen LogP contribution is -2.26. The van der Waals surface area contributed by atoms with Crippen molar-refractivity contribution in [1.82, 2.24) is 5.32 Å². The first-order chi connectivity index (χ1) is 9.16. The van der Waals surface area contributed by atoms with Gasteiger partial charge < -0.3 is 10.1 Å². The van der Waals surface area contributed by atoms with Crippen molar-refractivity contribution in [3.63, 3.8) is 0 Å².